The van der Waals surface area contributed by atoms with Crippen LogP contribution in [0.2, 0.25) is 0 Å². The molecular formula is C18H22N2O2S. The monoisotopic (exact) mass is 330 g/mol. The summed E-state index contributed by atoms with van der Waals surface area (Å²) in [5, 5.41) is 4.39. The lowest BCUT2D eigenvalue weighted by molar-refractivity contribution is -0.0538. The van der Waals surface area contributed by atoms with Crippen molar-refractivity contribution in [1.82, 2.24) is 9.88 Å². The van der Waals surface area contributed by atoms with Crippen LogP contribution in [0.4, 0.5) is 0 Å². The third-order valence-corrected chi connectivity index (χ3v) is 5.45. The highest BCUT2D eigenvalue weighted by atomic mass is 32.1. The van der Waals surface area contributed by atoms with Crippen LogP contribution in [-0.2, 0) is 11.3 Å². The fraction of sp³-hybridized carbons (Fsp3) is 0.500. The van der Waals surface area contributed by atoms with Gasteiger partial charge in [-0.3, -0.25) is 9.88 Å². The number of pyridine rings is 1. The van der Waals surface area contributed by atoms with Crippen molar-refractivity contribution in [2.24, 2.45) is 0 Å². The maximum Gasteiger partial charge on any atom is 0.138 e. The van der Waals surface area contributed by atoms with Gasteiger partial charge in [-0.05, 0) is 53.9 Å². The second kappa shape index (κ2) is 6.59. The number of likely N-dealkylation sites (tertiary alicyclic amines) is 1. The molecule has 0 bridgehead atoms. The van der Waals surface area contributed by atoms with Crippen LogP contribution in [-0.4, -0.2) is 41.3 Å². The van der Waals surface area contributed by atoms with Crippen molar-refractivity contribution < 1.29 is 9.47 Å². The van der Waals surface area contributed by atoms with Crippen molar-refractivity contribution in [3.8, 4) is 5.75 Å². The fourth-order valence-corrected chi connectivity index (χ4v) is 4.40. The van der Waals surface area contributed by atoms with Crippen LogP contribution in [0.15, 0.2) is 41.4 Å². The normalized spacial score (nSPS) is 28.3. The van der Waals surface area contributed by atoms with Gasteiger partial charge in [-0.1, -0.05) is 0 Å². The molecule has 2 aliphatic rings. The van der Waals surface area contributed by atoms with E-state index >= 15 is 0 Å². The van der Waals surface area contributed by atoms with Crippen LogP contribution >= 0.6 is 11.3 Å². The Bertz CT molecular complexity index is 619. The zero-order valence-electron chi connectivity index (χ0n) is 13.2. The molecule has 2 aromatic heterocycles. The molecular weight excluding hydrogens is 308 g/mol. The summed E-state index contributed by atoms with van der Waals surface area (Å²) in [5.74, 6) is 0.837. The number of hydrogen-bond donors (Lipinski definition) is 0. The number of nitrogens with zero attached hydrogens (tertiary/aromatic N) is 2. The minimum absolute atomic E-state index is 0.0266. The molecule has 122 valence electrons. The lowest BCUT2D eigenvalue weighted by atomic mass is 9.89. The van der Waals surface area contributed by atoms with Crippen LogP contribution in [0, 0.1) is 0 Å². The first-order valence-electron chi connectivity index (χ1n) is 8.25. The Kier molecular flexibility index (Phi) is 4.33. The number of ether oxygens (including phenoxy) is 2. The maximum absolute atomic E-state index is 6.23. The van der Waals surface area contributed by atoms with Gasteiger partial charge in [0.05, 0.1) is 18.4 Å². The Balaban J connectivity index is 1.37. The van der Waals surface area contributed by atoms with Gasteiger partial charge in [-0.25, -0.2) is 0 Å². The van der Waals surface area contributed by atoms with E-state index in [4.69, 9.17) is 9.47 Å². The fourth-order valence-electron chi connectivity index (χ4n) is 3.74. The molecule has 0 aromatic carbocycles. The summed E-state index contributed by atoms with van der Waals surface area (Å²) in [7, 11) is 0. The van der Waals surface area contributed by atoms with Crippen molar-refractivity contribution in [3.05, 3.63) is 46.9 Å². The molecule has 0 amide bonds. The van der Waals surface area contributed by atoms with Gasteiger partial charge in [0, 0.05) is 25.7 Å². The summed E-state index contributed by atoms with van der Waals surface area (Å²) in [6, 6.07) is 6.08. The molecule has 4 heterocycles. The van der Waals surface area contributed by atoms with Gasteiger partial charge in [0.2, 0.25) is 0 Å². The number of aromatic nitrogens is 1. The van der Waals surface area contributed by atoms with Gasteiger partial charge in [-0.2, -0.15) is 11.3 Å². The van der Waals surface area contributed by atoms with Crippen LogP contribution in [0.1, 0.15) is 24.8 Å². The first-order valence-corrected chi connectivity index (χ1v) is 9.20. The standard InChI is InChI=1S/C18H22N2O2S/c1-3-16(10-19-6-1)22-17-9-18(21-12-17)5-2-7-20(14-18)11-15-4-8-23-13-15/h1,3-4,6,8,10,13,17H,2,5,7,9,11-12,14H2/t17-,18-/m1/s1. The van der Waals surface area contributed by atoms with Crippen molar-refractivity contribution >= 4 is 11.3 Å². The Morgan fingerprint density at radius 1 is 1.43 bits per heavy atom. The van der Waals surface area contributed by atoms with Gasteiger partial charge in [-0.15, -0.1) is 0 Å². The van der Waals surface area contributed by atoms with Gasteiger partial charge >= 0.3 is 0 Å². The van der Waals surface area contributed by atoms with E-state index in [1.807, 2.05) is 12.1 Å². The smallest absolute Gasteiger partial charge is 0.138 e. The van der Waals surface area contributed by atoms with E-state index < -0.39 is 0 Å². The Morgan fingerprint density at radius 2 is 2.43 bits per heavy atom. The predicted octanol–water partition coefficient (Wildman–Crippen LogP) is 3.35. The molecule has 0 saturated carbocycles. The third-order valence-electron chi connectivity index (χ3n) is 4.72. The topological polar surface area (TPSA) is 34.6 Å². The molecule has 0 radical (unpaired) electrons. The first-order chi connectivity index (χ1) is 11.3. The summed E-state index contributed by atoms with van der Waals surface area (Å²) in [6.45, 7) is 3.88. The van der Waals surface area contributed by atoms with Crippen molar-refractivity contribution in [1.29, 1.82) is 0 Å². The molecule has 2 atom stereocenters. The van der Waals surface area contributed by atoms with E-state index in [0.29, 0.717) is 6.61 Å². The van der Waals surface area contributed by atoms with Gasteiger partial charge in [0.1, 0.15) is 11.9 Å². The molecule has 4 rings (SSSR count). The molecule has 0 unspecified atom stereocenters. The molecule has 23 heavy (non-hydrogen) atoms. The molecule has 2 fully saturated rings. The quantitative estimate of drug-likeness (QED) is 0.861. The highest BCUT2D eigenvalue weighted by Gasteiger charge is 2.44. The number of hydrogen-bond acceptors (Lipinski definition) is 5. The summed E-state index contributed by atoms with van der Waals surface area (Å²) >= 11 is 1.77. The average molecular weight is 330 g/mol. The molecule has 1 spiro atoms. The first kappa shape index (κ1) is 15.1. The highest BCUT2D eigenvalue weighted by Crippen LogP contribution is 2.36. The van der Waals surface area contributed by atoms with Crippen molar-refractivity contribution in [2.75, 3.05) is 19.7 Å². The van der Waals surface area contributed by atoms with Gasteiger partial charge in [0.25, 0.3) is 0 Å². The maximum atomic E-state index is 6.23. The average Bonchev–Trinajstić information content (AvgIpc) is 3.19. The molecule has 2 saturated heterocycles. The molecule has 2 aliphatic heterocycles. The number of piperidine rings is 1. The van der Waals surface area contributed by atoms with Crippen molar-refractivity contribution in [3.63, 3.8) is 0 Å². The summed E-state index contributed by atoms with van der Waals surface area (Å²) in [4.78, 5) is 6.64. The van der Waals surface area contributed by atoms with Gasteiger partial charge < -0.3 is 9.47 Å². The van der Waals surface area contributed by atoms with Crippen LogP contribution < -0.4 is 4.74 Å². The highest BCUT2D eigenvalue weighted by molar-refractivity contribution is 7.07. The second-order valence-corrected chi connectivity index (χ2v) is 7.35. The zero-order valence-corrected chi connectivity index (χ0v) is 14.0. The summed E-state index contributed by atoms with van der Waals surface area (Å²) in [5.41, 5.74) is 1.38. The molecule has 0 aliphatic carbocycles. The van der Waals surface area contributed by atoms with E-state index in [1.165, 1.54) is 12.0 Å². The Hall–Kier alpha value is -1.43. The van der Waals surface area contributed by atoms with Gasteiger partial charge in [0.15, 0.2) is 0 Å². The van der Waals surface area contributed by atoms with E-state index in [0.717, 1.165) is 38.2 Å². The number of rotatable bonds is 4. The molecule has 4 nitrogen and oxygen atoms in total. The van der Waals surface area contributed by atoms with Crippen LogP contribution in [0.5, 0.6) is 5.75 Å². The van der Waals surface area contributed by atoms with E-state index in [9.17, 15) is 0 Å². The minimum atomic E-state index is -0.0266. The largest absolute Gasteiger partial charge is 0.486 e. The summed E-state index contributed by atoms with van der Waals surface area (Å²) in [6.07, 6.45) is 6.99. The van der Waals surface area contributed by atoms with E-state index in [-0.39, 0.29) is 11.7 Å². The summed E-state index contributed by atoms with van der Waals surface area (Å²) < 4.78 is 12.3. The zero-order chi connectivity index (χ0) is 15.5. The van der Waals surface area contributed by atoms with Crippen LogP contribution in [0.25, 0.3) is 0 Å². The minimum Gasteiger partial charge on any atom is -0.486 e. The number of thiophene rings is 1. The lowest BCUT2D eigenvalue weighted by Crippen LogP contribution is -2.47. The predicted molar refractivity (Wildman–Crippen MR) is 90.8 cm³/mol. The lowest BCUT2D eigenvalue weighted by Gasteiger charge is -2.39. The SMILES string of the molecule is c1cncc(O[C@H]2CO[C@]3(CCCN(Cc4ccsc4)C3)C2)c1. The second-order valence-electron chi connectivity index (χ2n) is 6.57. The Morgan fingerprint density at radius 3 is 3.26 bits per heavy atom. The van der Waals surface area contributed by atoms with E-state index in [1.54, 1.807) is 23.7 Å². The van der Waals surface area contributed by atoms with Crippen LogP contribution in [0.3, 0.4) is 0 Å². The third kappa shape index (κ3) is 3.57. The van der Waals surface area contributed by atoms with E-state index in [2.05, 4.69) is 26.7 Å². The molecule has 2 aromatic rings. The molecule has 0 N–H and O–H groups in total. The van der Waals surface area contributed by atoms with Crippen molar-refractivity contribution in [2.45, 2.75) is 37.5 Å². The molecule has 5 heteroatoms. The Labute approximate surface area is 141 Å².